The van der Waals surface area contributed by atoms with Crippen molar-refractivity contribution in [3.63, 3.8) is 0 Å². The fourth-order valence-electron chi connectivity index (χ4n) is 5.99. The summed E-state index contributed by atoms with van der Waals surface area (Å²) in [5.41, 5.74) is 4.82. The van der Waals surface area contributed by atoms with E-state index in [1.807, 2.05) is 0 Å². The summed E-state index contributed by atoms with van der Waals surface area (Å²) in [7, 11) is 0. The van der Waals surface area contributed by atoms with Crippen LogP contribution in [0.4, 0.5) is 0 Å². The molecule has 0 aliphatic carbocycles. The van der Waals surface area contributed by atoms with Crippen LogP contribution in [0.25, 0.3) is 10.9 Å². The average molecular weight is 310 g/mol. The Hall–Kier alpha value is -1.32. The lowest BCUT2D eigenvalue weighted by Crippen LogP contribution is -2.53. The summed E-state index contributed by atoms with van der Waals surface area (Å²) in [6, 6.07) is 9.67. The van der Waals surface area contributed by atoms with Crippen LogP contribution in [-0.4, -0.2) is 34.3 Å². The molecule has 3 aliphatic rings. The Morgan fingerprint density at radius 2 is 2.13 bits per heavy atom. The molecule has 0 spiro atoms. The van der Waals surface area contributed by atoms with E-state index in [2.05, 4.69) is 40.7 Å². The second-order valence-electron chi connectivity index (χ2n) is 7.80. The van der Waals surface area contributed by atoms with Crippen LogP contribution in [0.2, 0.25) is 0 Å². The van der Waals surface area contributed by atoms with Gasteiger partial charge in [0.1, 0.15) is 0 Å². The first-order valence-electron chi connectivity index (χ1n) is 9.25. The molecule has 1 aromatic carbocycles. The number of aliphatic hydroxyl groups is 1. The van der Waals surface area contributed by atoms with Gasteiger partial charge < -0.3 is 9.67 Å². The first-order chi connectivity index (χ1) is 11.3. The Kier molecular flexibility index (Phi) is 2.96. The lowest BCUT2D eigenvalue weighted by Gasteiger charge is -2.56. The zero-order valence-corrected chi connectivity index (χ0v) is 14.0. The van der Waals surface area contributed by atoms with Gasteiger partial charge in [0.05, 0.1) is 18.7 Å². The Balaban J connectivity index is 1.85. The predicted octanol–water partition coefficient (Wildman–Crippen LogP) is 3.67. The maximum Gasteiger partial charge on any atom is 0.0639 e. The Morgan fingerprint density at radius 1 is 1.26 bits per heavy atom. The van der Waals surface area contributed by atoms with Crippen LogP contribution in [0.3, 0.4) is 0 Å². The second kappa shape index (κ2) is 4.84. The Morgan fingerprint density at radius 3 is 2.96 bits per heavy atom. The summed E-state index contributed by atoms with van der Waals surface area (Å²) in [5, 5.41) is 11.6. The van der Waals surface area contributed by atoms with E-state index < -0.39 is 0 Å². The third-order valence-corrected chi connectivity index (χ3v) is 6.95. The molecule has 1 N–H and O–H groups in total. The number of para-hydroxylation sites is 1. The molecule has 0 radical (unpaired) electrons. The second-order valence-corrected chi connectivity index (χ2v) is 7.80. The molecule has 0 unspecified atom stereocenters. The number of piperidine rings is 1. The average Bonchev–Trinajstić information content (AvgIpc) is 2.95. The van der Waals surface area contributed by atoms with Crippen molar-refractivity contribution in [2.75, 3.05) is 19.7 Å². The first kappa shape index (κ1) is 14.1. The van der Waals surface area contributed by atoms with E-state index in [9.17, 15) is 5.11 Å². The highest BCUT2D eigenvalue weighted by Gasteiger charge is 2.52. The van der Waals surface area contributed by atoms with E-state index in [0.29, 0.717) is 11.5 Å². The van der Waals surface area contributed by atoms with Crippen LogP contribution in [0, 0.1) is 5.41 Å². The van der Waals surface area contributed by atoms with Gasteiger partial charge in [-0.15, -0.1) is 0 Å². The van der Waals surface area contributed by atoms with E-state index >= 15 is 0 Å². The summed E-state index contributed by atoms with van der Waals surface area (Å²) in [4.78, 5) is 2.75. The molecule has 3 heteroatoms. The summed E-state index contributed by atoms with van der Waals surface area (Å²) in [6.07, 6.45) is 6.16. The van der Waals surface area contributed by atoms with Crippen LogP contribution < -0.4 is 0 Å². The monoisotopic (exact) mass is 310 g/mol. The third-order valence-electron chi connectivity index (χ3n) is 6.95. The van der Waals surface area contributed by atoms with Gasteiger partial charge in [0.15, 0.2) is 0 Å². The number of benzene rings is 1. The fourth-order valence-corrected chi connectivity index (χ4v) is 5.99. The fraction of sp³-hybridized carbons (Fsp3) is 0.600. The van der Waals surface area contributed by atoms with Gasteiger partial charge in [-0.25, -0.2) is 0 Å². The number of hydrogen-bond acceptors (Lipinski definition) is 2. The molecule has 23 heavy (non-hydrogen) atoms. The zero-order chi connectivity index (χ0) is 15.6. The molecule has 5 rings (SSSR count). The Labute approximate surface area is 137 Å². The normalized spacial score (nSPS) is 33.0. The number of nitrogens with zero attached hydrogens (tertiary/aromatic N) is 2. The van der Waals surface area contributed by atoms with Crippen molar-refractivity contribution >= 4 is 10.9 Å². The van der Waals surface area contributed by atoms with Crippen LogP contribution in [0.1, 0.15) is 55.9 Å². The highest BCUT2D eigenvalue weighted by Crippen LogP contribution is 2.59. The molecule has 3 atom stereocenters. The number of hydrogen-bond donors (Lipinski definition) is 1. The van der Waals surface area contributed by atoms with Gasteiger partial charge in [-0.05, 0) is 55.7 Å². The van der Waals surface area contributed by atoms with Gasteiger partial charge in [-0.1, -0.05) is 25.1 Å². The van der Waals surface area contributed by atoms with Gasteiger partial charge in [-0.2, -0.15) is 0 Å². The minimum atomic E-state index is 0.248. The molecule has 4 heterocycles. The van der Waals surface area contributed by atoms with Crippen LogP contribution >= 0.6 is 0 Å². The molecule has 1 fully saturated rings. The minimum absolute atomic E-state index is 0.248. The van der Waals surface area contributed by atoms with Crippen molar-refractivity contribution in [2.45, 2.75) is 51.1 Å². The molecule has 3 aliphatic heterocycles. The van der Waals surface area contributed by atoms with Crippen molar-refractivity contribution in [2.24, 2.45) is 5.41 Å². The molecule has 3 nitrogen and oxygen atoms in total. The highest BCUT2D eigenvalue weighted by molar-refractivity contribution is 5.86. The number of aliphatic hydroxyl groups excluding tert-OH is 1. The molecular weight excluding hydrogens is 284 g/mol. The molecule has 1 saturated heterocycles. The summed E-state index contributed by atoms with van der Waals surface area (Å²) in [5.74, 6) is 0. The van der Waals surface area contributed by atoms with Gasteiger partial charge in [0.2, 0.25) is 0 Å². The molecule has 0 saturated carbocycles. The van der Waals surface area contributed by atoms with Gasteiger partial charge in [0, 0.05) is 23.1 Å². The summed E-state index contributed by atoms with van der Waals surface area (Å²) >= 11 is 0. The van der Waals surface area contributed by atoms with E-state index in [0.717, 1.165) is 12.8 Å². The lowest BCUT2D eigenvalue weighted by molar-refractivity contribution is -0.0421. The smallest absolute Gasteiger partial charge is 0.0639 e. The Bertz CT molecular complexity index is 764. The van der Waals surface area contributed by atoms with Crippen molar-refractivity contribution in [1.82, 2.24) is 9.47 Å². The zero-order valence-electron chi connectivity index (χ0n) is 14.0. The maximum atomic E-state index is 10.2. The van der Waals surface area contributed by atoms with Crippen molar-refractivity contribution < 1.29 is 5.11 Å². The number of aromatic nitrogens is 1. The minimum Gasteiger partial charge on any atom is -0.394 e. The summed E-state index contributed by atoms with van der Waals surface area (Å²) < 4.78 is 2.51. The van der Waals surface area contributed by atoms with Crippen molar-refractivity contribution in [1.29, 1.82) is 0 Å². The maximum absolute atomic E-state index is 10.2. The number of fused-ring (bicyclic) bond motifs is 3. The van der Waals surface area contributed by atoms with E-state index in [1.165, 1.54) is 43.3 Å². The first-order valence-corrected chi connectivity index (χ1v) is 9.25. The van der Waals surface area contributed by atoms with E-state index in [4.69, 9.17) is 0 Å². The van der Waals surface area contributed by atoms with E-state index in [-0.39, 0.29) is 12.6 Å². The van der Waals surface area contributed by atoms with Crippen LogP contribution in [0.5, 0.6) is 0 Å². The molecule has 0 bridgehead atoms. The molecular formula is C20H26N2O. The molecule has 1 aromatic heterocycles. The molecule has 2 aromatic rings. The third kappa shape index (κ3) is 1.67. The van der Waals surface area contributed by atoms with Crippen molar-refractivity contribution in [3.8, 4) is 0 Å². The molecule has 0 amide bonds. The SMILES string of the molecule is CC[C@]12CCCN3CCc4c(n(c5ccccc45)[C@@H](CO)C1)[C@@H]32. The number of rotatable bonds is 2. The van der Waals surface area contributed by atoms with Crippen LogP contribution in [-0.2, 0) is 6.42 Å². The van der Waals surface area contributed by atoms with Gasteiger partial charge in [0.25, 0.3) is 0 Å². The van der Waals surface area contributed by atoms with E-state index in [1.54, 1.807) is 11.3 Å². The quantitative estimate of drug-likeness (QED) is 0.917. The highest BCUT2D eigenvalue weighted by atomic mass is 16.3. The molecule has 122 valence electrons. The van der Waals surface area contributed by atoms with Gasteiger partial charge >= 0.3 is 0 Å². The predicted molar refractivity (Wildman–Crippen MR) is 92.7 cm³/mol. The van der Waals surface area contributed by atoms with Gasteiger partial charge in [-0.3, -0.25) is 4.90 Å². The largest absolute Gasteiger partial charge is 0.394 e. The van der Waals surface area contributed by atoms with Crippen molar-refractivity contribution in [3.05, 3.63) is 35.5 Å². The summed E-state index contributed by atoms with van der Waals surface area (Å²) in [6.45, 7) is 5.08. The van der Waals surface area contributed by atoms with Crippen LogP contribution in [0.15, 0.2) is 24.3 Å². The lowest BCUT2D eigenvalue weighted by atomic mass is 9.63. The standard InChI is InChI=1S/C20H26N2O/c1-2-20-9-5-10-21-11-8-16-15-6-3-4-7-17(15)22(14(12-20)13-23)18(16)19(20)21/h3-4,6-7,14,19,23H,2,5,8-13H2,1H3/t14-,19-,20+/m1/s1. The topological polar surface area (TPSA) is 28.4 Å².